The van der Waals surface area contributed by atoms with E-state index in [2.05, 4.69) is 183 Å². The zero-order valence-corrected chi connectivity index (χ0v) is 61.5. The number of nitrogens with one attached hydrogen (secondary N) is 2. The quantitative estimate of drug-likeness (QED) is 0.0203. The first-order valence-corrected chi connectivity index (χ1v) is 40.4. The van der Waals surface area contributed by atoms with Crippen molar-refractivity contribution in [3.8, 4) is 0 Å². The largest absolute Gasteiger partial charge is 0.461 e. The summed E-state index contributed by atoms with van der Waals surface area (Å²) in [5.41, 5.74) is 7.05. The van der Waals surface area contributed by atoms with Crippen molar-refractivity contribution in [3.05, 3.63) is 120 Å². The maximum Gasteiger partial charge on any atom is 0.407 e. The van der Waals surface area contributed by atoms with Crippen LogP contribution >= 0.6 is 0 Å². The zero-order chi connectivity index (χ0) is 65.3. The van der Waals surface area contributed by atoms with Gasteiger partial charge in [-0.15, -0.1) is 0 Å². The Hall–Kier alpha value is -4.45. The molecular formula is C74H119N3O8Si3. The van der Waals surface area contributed by atoms with E-state index in [9.17, 15) is 14.4 Å². The first kappa shape index (κ1) is 74.3. The number of pyridine rings is 1. The van der Waals surface area contributed by atoms with E-state index < -0.39 is 42.6 Å². The Morgan fingerprint density at radius 3 is 1.73 bits per heavy atom. The summed E-state index contributed by atoms with van der Waals surface area (Å²) in [6, 6.07) is 26.0. The number of nitrogens with zero attached hydrogens (tertiary/aromatic N) is 1. The van der Waals surface area contributed by atoms with Crippen molar-refractivity contribution in [2.24, 2.45) is 11.8 Å². The van der Waals surface area contributed by atoms with Gasteiger partial charge in [-0.05, 0) is 174 Å². The van der Waals surface area contributed by atoms with Gasteiger partial charge in [-0.2, -0.15) is 0 Å². The molecule has 4 aromatic rings. The van der Waals surface area contributed by atoms with E-state index in [4.69, 9.17) is 22.8 Å². The number of ether oxygens (including phenoxy) is 2. The van der Waals surface area contributed by atoms with E-state index >= 15 is 0 Å². The summed E-state index contributed by atoms with van der Waals surface area (Å²) in [4.78, 5) is 44.3. The van der Waals surface area contributed by atoms with Gasteiger partial charge in [-0.3, -0.25) is 14.6 Å². The number of allylic oxidation sites excluding steroid dienone is 2. The third kappa shape index (κ3) is 19.5. The number of carbonyl (C=O) groups is 3. The fourth-order valence-electron chi connectivity index (χ4n) is 15.8. The van der Waals surface area contributed by atoms with E-state index in [0.717, 1.165) is 61.3 Å². The molecule has 14 heteroatoms. The highest BCUT2D eigenvalue weighted by atomic mass is 28.4. The number of aromatic nitrogens is 1. The van der Waals surface area contributed by atoms with Crippen molar-refractivity contribution in [1.29, 1.82) is 0 Å². The second-order valence-corrected chi connectivity index (χ2v) is 45.8. The molecule has 88 heavy (non-hydrogen) atoms. The van der Waals surface area contributed by atoms with Crippen LogP contribution in [0.25, 0.3) is 10.8 Å². The van der Waals surface area contributed by atoms with Crippen LogP contribution in [0, 0.1) is 11.8 Å². The van der Waals surface area contributed by atoms with Crippen LogP contribution in [0.15, 0.2) is 103 Å². The molecule has 490 valence electrons. The van der Waals surface area contributed by atoms with E-state index in [1.165, 1.54) is 5.56 Å². The van der Waals surface area contributed by atoms with E-state index in [1.807, 2.05) is 48.5 Å². The Morgan fingerprint density at radius 2 is 1.18 bits per heavy atom. The lowest BCUT2D eigenvalue weighted by Crippen LogP contribution is -2.51. The summed E-state index contributed by atoms with van der Waals surface area (Å²) in [7, 11) is -6.84. The fraction of sp³-hybridized carbons (Fsp3) is 0.649. The van der Waals surface area contributed by atoms with Crippen molar-refractivity contribution in [1.82, 2.24) is 10.3 Å². The van der Waals surface area contributed by atoms with E-state index in [0.29, 0.717) is 79.9 Å². The number of hydrogen-bond donors (Lipinski definition) is 2. The molecule has 1 fully saturated rings. The van der Waals surface area contributed by atoms with Gasteiger partial charge in [-0.1, -0.05) is 197 Å². The second-order valence-electron chi connectivity index (χ2n) is 29.5. The molecule has 1 unspecified atom stereocenters. The van der Waals surface area contributed by atoms with Crippen LogP contribution in [-0.4, -0.2) is 78.4 Å². The lowest BCUT2D eigenvalue weighted by atomic mass is 9.85. The second kappa shape index (κ2) is 33.7. The first-order chi connectivity index (χ1) is 41.4. The molecule has 2 amide bonds. The molecule has 1 aromatic heterocycles. The van der Waals surface area contributed by atoms with Crippen LogP contribution in [-0.2, 0) is 45.4 Å². The fourth-order valence-corrected chi connectivity index (χ4v) is 32.7. The molecule has 0 spiro atoms. The predicted octanol–water partition coefficient (Wildman–Crippen LogP) is 20.4. The van der Waals surface area contributed by atoms with Crippen molar-refractivity contribution in [2.45, 2.75) is 289 Å². The number of rotatable bonds is 34. The molecule has 1 aliphatic carbocycles. The van der Waals surface area contributed by atoms with Crippen molar-refractivity contribution < 1.29 is 37.1 Å². The Balaban J connectivity index is 1.37. The minimum Gasteiger partial charge on any atom is -0.461 e. The van der Waals surface area contributed by atoms with Crippen LogP contribution in [0.4, 0.5) is 10.5 Å². The minimum absolute atomic E-state index is 0.0158. The predicted molar refractivity (Wildman–Crippen MR) is 375 cm³/mol. The number of aryl methyl sites for hydroxylation is 1. The van der Waals surface area contributed by atoms with Crippen LogP contribution in [0.5, 0.6) is 0 Å². The summed E-state index contributed by atoms with van der Waals surface area (Å²) in [6.07, 6.45) is 15.5. The third-order valence-electron chi connectivity index (χ3n) is 19.8. The highest BCUT2D eigenvalue weighted by Gasteiger charge is 2.55. The molecule has 2 N–H and O–H groups in total. The summed E-state index contributed by atoms with van der Waals surface area (Å²) in [5, 5.41) is 7.74. The van der Waals surface area contributed by atoms with E-state index in [1.54, 1.807) is 33.2 Å². The van der Waals surface area contributed by atoms with Gasteiger partial charge in [0.2, 0.25) is 30.9 Å². The number of carbonyl (C=O) groups excluding carboxylic acids is 3. The smallest absolute Gasteiger partial charge is 0.407 e. The van der Waals surface area contributed by atoms with Gasteiger partial charge in [0.15, 0.2) is 0 Å². The Labute approximate surface area is 537 Å². The number of anilines is 1. The molecule has 0 bridgehead atoms. The molecule has 0 saturated heterocycles. The van der Waals surface area contributed by atoms with Crippen molar-refractivity contribution in [3.63, 3.8) is 0 Å². The Kier molecular flexibility index (Phi) is 28.5. The Morgan fingerprint density at radius 1 is 0.625 bits per heavy atom. The molecule has 0 radical (unpaired) electrons. The maximum absolute atomic E-state index is 13.9. The standard InChI is InChI=1S/C74H119N3O8Si3/c1-50(2)86(51(3)4,52(5)6)83-65(40-35-59-29-25-24-26-30-59)41-42-67-66(69(84-87(53(7)8,54(9)10)55(11)12)46-70(67)85-88(56(13)14,57(15)16)58(17)18)31-27-22-23-28-32-71(78)81-49-60-33-36-61(37-34-60)68(48-76-73(80)82-74(19,20)21)72(79)77-64-39-38-63-47-75-44-43-62(63)45-64/h22,24-27,29-30,33-34,36-39,43-45,47,50-58,65-70H,23,28,31-32,35,40-42,46,48-49H2,1-21H3,(H,76,80)(H,77,79)/t65-,66+,67+,68?,69-,70+/m0/s1. The Bertz CT molecular complexity index is 2730. The number of benzene rings is 3. The number of fused-ring (bicyclic) bond motifs is 1. The van der Waals surface area contributed by atoms with Gasteiger partial charge >= 0.3 is 12.1 Å². The molecule has 1 saturated carbocycles. The van der Waals surface area contributed by atoms with Crippen molar-refractivity contribution >= 4 is 59.4 Å². The number of esters is 1. The average molecular weight is 1260 g/mol. The third-order valence-corrected chi connectivity index (χ3v) is 38.2. The number of alkyl carbamates (subject to hydrolysis) is 1. The first-order valence-electron chi connectivity index (χ1n) is 34.0. The topological polar surface area (TPSA) is 134 Å². The van der Waals surface area contributed by atoms with Gasteiger partial charge in [0.05, 0.1) is 18.1 Å². The lowest BCUT2D eigenvalue weighted by Gasteiger charge is -2.46. The molecule has 3 aromatic carbocycles. The lowest BCUT2D eigenvalue weighted by molar-refractivity contribution is -0.145. The molecule has 1 aliphatic rings. The summed E-state index contributed by atoms with van der Waals surface area (Å²) in [6.45, 7) is 49.1. The molecular weight excluding hydrogens is 1140 g/mol. The monoisotopic (exact) mass is 1260 g/mol. The number of amides is 2. The van der Waals surface area contributed by atoms with Gasteiger partial charge in [0.1, 0.15) is 12.2 Å². The molecule has 0 aliphatic heterocycles. The van der Waals surface area contributed by atoms with Crippen LogP contribution in [0.3, 0.4) is 0 Å². The minimum atomic E-state index is -2.31. The summed E-state index contributed by atoms with van der Waals surface area (Å²) < 4.78 is 35.3. The molecule has 5 rings (SSSR count). The van der Waals surface area contributed by atoms with Gasteiger partial charge < -0.3 is 33.4 Å². The van der Waals surface area contributed by atoms with Crippen LogP contribution in [0.1, 0.15) is 219 Å². The average Bonchev–Trinajstić information content (AvgIpc) is 3.88. The number of unbranched alkanes of at least 4 members (excludes halogenated alkanes) is 1. The maximum atomic E-state index is 13.9. The highest BCUT2D eigenvalue weighted by Crippen LogP contribution is 2.53. The normalized spacial score (nSPS) is 17.9. The van der Waals surface area contributed by atoms with Crippen LogP contribution < -0.4 is 10.6 Å². The van der Waals surface area contributed by atoms with Crippen molar-refractivity contribution in [2.75, 3.05) is 11.9 Å². The summed E-state index contributed by atoms with van der Waals surface area (Å²) >= 11 is 0. The highest BCUT2D eigenvalue weighted by molar-refractivity contribution is 6.78. The summed E-state index contributed by atoms with van der Waals surface area (Å²) in [5.74, 6) is -0.706. The SMILES string of the molecule is CC(C)[Si](O[C@@H](CCc1ccccc1)CC[C@@H]1[C@@H](CC=CCCCC(=O)OCc2ccc(C(CNC(=O)OC(C)(C)C)C(=O)Nc3ccc4cnccc4c3)cc2)[C@@H](O[Si](C(C)C)(C(C)C)C(C)C)C[C@H]1O[Si](C(C)C)(C(C)C)C(C)C)(C(C)C)C(C)C. The van der Waals surface area contributed by atoms with Gasteiger partial charge in [0, 0.05) is 42.5 Å². The molecule has 11 nitrogen and oxygen atoms in total. The van der Waals surface area contributed by atoms with E-state index in [-0.39, 0.29) is 49.3 Å². The van der Waals surface area contributed by atoms with Gasteiger partial charge in [-0.25, -0.2) is 4.79 Å². The molecule has 6 atom stereocenters. The molecule has 1 heterocycles. The zero-order valence-electron chi connectivity index (χ0n) is 58.5. The van der Waals surface area contributed by atoms with Gasteiger partial charge in [0.25, 0.3) is 0 Å². The number of hydrogen-bond acceptors (Lipinski definition) is 9. The van der Waals surface area contributed by atoms with Crippen LogP contribution in [0.2, 0.25) is 49.9 Å².